The number of nitrogens with zero attached hydrogens (tertiary/aromatic N) is 5. The summed E-state index contributed by atoms with van der Waals surface area (Å²) in [6.45, 7) is 3.55. The van der Waals surface area contributed by atoms with Gasteiger partial charge in [0.25, 0.3) is 11.6 Å². The fraction of sp³-hybridized carbons (Fsp3) is 0.143. The number of thiazole rings is 1. The first kappa shape index (κ1) is 15.7. The minimum atomic E-state index is -0.492. The minimum Gasteiger partial charge on any atom is -0.296 e. The number of carbonyl (C=O) groups is 1. The first-order chi connectivity index (χ1) is 11.5. The van der Waals surface area contributed by atoms with Gasteiger partial charge in [0.2, 0.25) is 0 Å². The van der Waals surface area contributed by atoms with Gasteiger partial charge in [0, 0.05) is 23.2 Å². The molecular formula is C14H12N6O3S. The second kappa shape index (κ2) is 6.16. The van der Waals surface area contributed by atoms with Gasteiger partial charge in [-0.15, -0.1) is 16.4 Å². The van der Waals surface area contributed by atoms with Crippen LogP contribution in [0, 0.1) is 24.0 Å². The van der Waals surface area contributed by atoms with Crippen molar-refractivity contribution >= 4 is 28.1 Å². The zero-order chi connectivity index (χ0) is 17.3. The largest absolute Gasteiger partial charge is 0.296 e. The Balaban J connectivity index is 1.89. The van der Waals surface area contributed by atoms with Crippen molar-refractivity contribution in [3.8, 4) is 5.69 Å². The summed E-state index contributed by atoms with van der Waals surface area (Å²) in [5.41, 5.74) is 1.00. The summed E-state index contributed by atoms with van der Waals surface area (Å²) in [5, 5.41) is 21.8. The number of amides is 1. The molecule has 2 heterocycles. The topological polar surface area (TPSA) is 116 Å². The maximum atomic E-state index is 12.3. The fourth-order valence-corrected chi connectivity index (χ4v) is 2.75. The molecule has 0 saturated carbocycles. The summed E-state index contributed by atoms with van der Waals surface area (Å²) in [7, 11) is 0. The number of carbonyl (C=O) groups excluding carboxylic acids is 1. The molecule has 0 aliphatic carbocycles. The highest BCUT2D eigenvalue weighted by molar-refractivity contribution is 7.15. The lowest BCUT2D eigenvalue weighted by molar-refractivity contribution is -0.384. The van der Waals surface area contributed by atoms with Gasteiger partial charge in [0.15, 0.2) is 10.8 Å². The lowest BCUT2D eigenvalue weighted by Gasteiger charge is -2.03. The van der Waals surface area contributed by atoms with Crippen LogP contribution in [0.25, 0.3) is 5.69 Å². The van der Waals surface area contributed by atoms with E-state index >= 15 is 0 Å². The Morgan fingerprint density at radius 1 is 1.38 bits per heavy atom. The van der Waals surface area contributed by atoms with Crippen molar-refractivity contribution in [3.63, 3.8) is 0 Å². The molecule has 1 N–H and O–H groups in total. The number of nitro benzene ring substituents is 1. The summed E-state index contributed by atoms with van der Waals surface area (Å²) in [4.78, 5) is 27.7. The zero-order valence-electron chi connectivity index (χ0n) is 12.8. The maximum Gasteiger partial charge on any atom is 0.279 e. The quantitative estimate of drug-likeness (QED) is 0.574. The smallest absolute Gasteiger partial charge is 0.279 e. The predicted octanol–water partition coefficient (Wildman–Crippen LogP) is 2.50. The van der Waals surface area contributed by atoms with Crippen LogP contribution in [0.1, 0.15) is 21.1 Å². The molecular weight excluding hydrogens is 332 g/mol. The van der Waals surface area contributed by atoms with E-state index in [1.165, 1.54) is 28.2 Å². The number of anilines is 1. The molecule has 0 atom stereocenters. The Labute approximate surface area is 140 Å². The van der Waals surface area contributed by atoms with Gasteiger partial charge in [-0.05, 0) is 19.9 Å². The highest BCUT2D eigenvalue weighted by Crippen LogP contribution is 2.20. The van der Waals surface area contributed by atoms with E-state index in [2.05, 4.69) is 20.6 Å². The van der Waals surface area contributed by atoms with Gasteiger partial charge in [0.05, 0.1) is 16.3 Å². The zero-order valence-corrected chi connectivity index (χ0v) is 13.6. The lowest BCUT2D eigenvalue weighted by Crippen LogP contribution is -2.14. The number of hydrogen-bond donors (Lipinski definition) is 1. The van der Waals surface area contributed by atoms with Crippen LogP contribution in [0.4, 0.5) is 10.8 Å². The molecule has 24 heavy (non-hydrogen) atoms. The Bertz CT molecular complexity index is 932. The van der Waals surface area contributed by atoms with Gasteiger partial charge in [-0.1, -0.05) is 11.3 Å². The Morgan fingerprint density at radius 3 is 2.83 bits per heavy atom. The Kier molecular flexibility index (Phi) is 4.04. The molecule has 0 unspecified atom stereocenters. The van der Waals surface area contributed by atoms with E-state index in [0.29, 0.717) is 16.5 Å². The molecule has 0 aliphatic rings. The summed E-state index contributed by atoms with van der Waals surface area (Å²) >= 11 is 1.35. The molecule has 0 bridgehead atoms. The summed E-state index contributed by atoms with van der Waals surface area (Å²) in [5.74, 6) is -0.432. The van der Waals surface area contributed by atoms with E-state index in [-0.39, 0.29) is 11.4 Å². The molecule has 2 aromatic heterocycles. The van der Waals surface area contributed by atoms with E-state index in [1.807, 2.05) is 6.92 Å². The van der Waals surface area contributed by atoms with Gasteiger partial charge in [-0.25, -0.2) is 9.67 Å². The Hall–Kier alpha value is -3.14. The van der Waals surface area contributed by atoms with Gasteiger partial charge < -0.3 is 0 Å². The van der Waals surface area contributed by atoms with Crippen molar-refractivity contribution in [1.29, 1.82) is 0 Å². The number of nitrogens with one attached hydrogen (secondary N) is 1. The summed E-state index contributed by atoms with van der Waals surface area (Å²) in [6.07, 6.45) is 1.66. The number of hydrogen-bond acceptors (Lipinski definition) is 7. The average Bonchev–Trinajstić information content (AvgIpc) is 3.13. The maximum absolute atomic E-state index is 12.3. The van der Waals surface area contributed by atoms with Gasteiger partial charge >= 0.3 is 0 Å². The Morgan fingerprint density at radius 2 is 2.17 bits per heavy atom. The van der Waals surface area contributed by atoms with Crippen LogP contribution >= 0.6 is 11.3 Å². The lowest BCUT2D eigenvalue weighted by atomic mass is 10.2. The molecule has 1 amide bonds. The van der Waals surface area contributed by atoms with Crippen molar-refractivity contribution in [3.05, 3.63) is 56.8 Å². The molecule has 0 aliphatic heterocycles. The molecule has 9 nitrogen and oxygen atoms in total. The number of nitro groups is 1. The van der Waals surface area contributed by atoms with Crippen LogP contribution in [0.3, 0.4) is 0 Å². The molecule has 10 heteroatoms. The van der Waals surface area contributed by atoms with Gasteiger partial charge in [0.1, 0.15) is 0 Å². The van der Waals surface area contributed by atoms with E-state index in [1.54, 1.807) is 25.3 Å². The third-order valence-electron chi connectivity index (χ3n) is 3.24. The molecule has 0 radical (unpaired) electrons. The van der Waals surface area contributed by atoms with Crippen LogP contribution in [-0.4, -0.2) is 30.8 Å². The first-order valence-electron chi connectivity index (χ1n) is 6.86. The summed E-state index contributed by atoms with van der Waals surface area (Å²) in [6, 6.07) is 5.95. The monoisotopic (exact) mass is 344 g/mol. The number of rotatable bonds is 4. The standard InChI is InChI=1S/C14H12N6O3S/c1-8-7-15-14(24-8)16-13(21)12-9(2)19(18-17-12)10-4-3-5-11(6-10)20(22)23/h3-7H,1-2H3,(H,15,16,21). The average molecular weight is 344 g/mol. The predicted molar refractivity (Wildman–Crippen MR) is 87.6 cm³/mol. The van der Waals surface area contributed by atoms with Gasteiger partial charge in [-0.3, -0.25) is 20.2 Å². The molecule has 3 aromatic rings. The normalized spacial score (nSPS) is 10.6. The second-order valence-electron chi connectivity index (χ2n) is 4.94. The van der Waals surface area contributed by atoms with Crippen molar-refractivity contribution in [2.45, 2.75) is 13.8 Å². The minimum absolute atomic E-state index is 0.0633. The molecule has 3 rings (SSSR count). The third-order valence-corrected chi connectivity index (χ3v) is 4.06. The molecule has 0 spiro atoms. The third kappa shape index (κ3) is 2.99. The molecule has 1 aromatic carbocycles. The number of aromatic nitrogens is 4. The van der Waals surface area contributed by atoms with Crippen LogP contribution in [0.2, 0.25) is 0 Å². The highest BCUT2D eigenvalue weighted by atomic mass is 32.1. The van der Waals surface area contributed by atoms with Crippen molar-refractivity contribution < 1.29 is 9.72 Å². The van der Waals surface area contributed by atoms with Crippen molar-refractivity contribution in [2.75, 3.05) is 5.32 Å². The van der Waals surface area contributed by atoms with E-state index in [4.69, 9.17) is 0 Å². The van der Waals surface area contributed by atoms with Crippen LogP contribution in [0.5, 0.6) is 0 Å². The first-order valence-corrected chi connectivity index (χ1v) is 7.68. The number of non-ortho nitro benzene ring substituents is 1. The van der Waals surface area contributed by atoms with E-state index in [0.717, 1.165) is 4.88 Å². The van der Waals surface area contributed by atoms with Crippen LogP contribution in [0.15, 0.2) is 30.5 Å². The fourth-order valence-electron chi connectivity index (χ4n) is 2.09. The number of aryl methyl sites for hydroxylation is 1. The summed E-state index contributed by atoms with van der Waals surface area (Å²) < 4.78 is 1.38. The van der Waals surface area contributed by atoms with Crippen molar-refractivity contribution in [2.24, 2.45) is 0 Å². The highest BCUT2D eigenvalue weighted by Gasteiger charge is 2.19. The molecule has 0 saturated heterocycles. The van der Waals surface area contributed by atoms with Crippen LogP contribution in [-0.2, 0) is 0 Å². The van der Waals surface area contributed by atoms with Gasteiger partial charge in [-0.2, -0.15) is 0 Å². The SMILES string of the molecule is Cc1cnc(NC(=O)c2nnn(-c3cccc([N+](=O)[O-])c3)c2C)s1. The van der Waals surface area contributed by atoms with Crippen LogP contribution < -0.4 is 5.32 Å². The van der Waals surface area contributed by atoms with Crippen molar-refractivity contribution in [1.82, 2.24) is 20.0 Å². The van der Waals surface area contributed by atoms with E-state index in [9.17, 15) is 14.9 Å². The molecule has 0 fully saturated rings. The van der Waals surface area contributed by atoms with E-state index < -0.39 is 10.8 Å². The molecule has 122 valence electrons. The second-order valence-corrected chi connectivity index (χ2v) is 6.18. The number of benzene rings is 1.